The van der Waals surface area contributed by atoms with Crippen LogP contribution < -0.4 is 15.0 Å². The minimum Gasteiger partial charge on any atom is -0.494 e. The van der Waals surface area contributed by atoms with Gasteiger partial charge in [0, 0.05) is 42.6 Å². The number of ether oxygens (including phenoxy) is 2. The van der Waals surface area contributed by atoms with Crippen LogP contribution in [-0.4, -0.2) is 23.7 Å². The van der Waals surface area contributed by atoms with E-state index < -0.39 is 0 Å². The minimum atomic E-state index is 0.565. The van der Waals surface area contributed by atoms with E-state index in [1.54, 1.807) is 7.11 Å². The second-order valence-corrected chi connectivity index (χ2v) is 9.25. The molecule has 0 amide bonds. The summed E-state index contributed by atoms with van der Waals surface area (Å²) in [5.74, 6) is 1.40. The van der Waals surface area contributed by atoms with E-state index >= 15 is 0 Å². The molecule has 6 nitrogen and oxygen atoms in total. The molecule has 35 heavy (non-hydrogen) atoms. The van der Waals surface area contributed by atoms with Crippen molar-refractivity contribution in [2.75, 3.05) is 23.9 Å². The van der Waals surface area contributed by atoms with Gasteiger partial charge >= 0.3 is 0 Å². The number of nitrogens with one attached hydrogen (secondary N) is 1. The Balaban J connectivity index is 1.45. The fourth-order valence-corrected chi connectivity index (χ4v) is 4.56. The highest BCUT2D eigenvalue weighted by atomic mass is 16.5. The number of benzene rings is 2. The third kappa shape index (κ3) is 5.38. The van der Waals surface area contributed by atoms with Gasteiger partial charge in [-0.2, -0.15) is 0 Å². The summed E-state index contributed by atoms with van der Waals surface area (Å²) in [6.45, 7) is 5.60. The predicted molar refractivity (Wildman–Crippen MR) is 140 cm³/mol. The Labute approximate surface area is 207 Å². The van der Waals surface area contributed by atoms with Gasteiger partial charge < -0.3 is 19.7 Å². The van der Waals surface area contributed by atoms with Crippen LogP contribution in [0.25, 0.3) is 0 Å². The SMILES string of the molecule is COc1cc(Nc2nc3c(c(Cc4ccccc4)n2)COCC3)ccc1N1C=C(C)CCC(C)=C1. The van der Waals surface area contributed by atoms with Crippen molar-refractivity contribution in [3.63, 3.8) is 0 Å². The van der Waals surface area contributed by atoms with E-state index in [2.05, 4.69) is 72.9 Å². The van der Waals surface area contributed by atoms with Crippen molar-refractivity contribution in [2.45, 2.75) is 46.1 Å². The zero-order valence-corrected chi connectivity index (χ0v) is 20.7. The number of fused-ring (bicyclic) bond motifs is 1. The number of aromatic nitrogens is 2. The Morgan fingerprint density at radius 3 is 2.49 bits per heavy atom. The van der Waals surface area contributed by atoms with Crippen LogP contribution in [0.5, 0.6) is 5.75 Å². The van der Waals surface area contributed by atoms with E-state index in [0.29, 0.717) is 19.2 Å². The maximum absolute atomic E-state index is 5.78. The molecule has 0 fully saturated rings. The molecule has 3 heterocycles. The molecule has 0 spiro atoms. The van der Waals surface area contributed by atoms with Gasteiger partial charge in [-0.1, -0.05) is 41.5 Å². The third-order valence-corrected chi connectivity index (χ3v) is 6.47. The molecule has 1 N–H and O–H groups in total. The highest BCUT2D eigenvalue weighted by Crippen LogP contribution is 2.35. The Bertz CT molecular complexity index is 1250. The van der Waals surface area contributed by atoms with Crippen molar-refractivity contribution in [1.82, 2.24) is 9.97 Å². The lowest BCUT2D eigenvalue weighted by molar-refractivity contribution is 0.108. The molecule has 0 bridgehead atoms. The number of nitrogens with zero attached hydrogens (tertiary/aromatic N) is 3. The normalized spacial score (nSPS) is 15.6. The summed E-state index contributed by atoms with van der Waals surface area (Å²) in [4.78, 5) is 11.9. The van der Waals surface area contributed by atoms with Gasteiger partial charge in [-0.05, 0) is 44.4 Å². The largest absolute Gasteiger partial charge is 0.494 e. The van der Waals surface area contributed by atoms with Crippen LogP contribution >= 0.6 is 0 Å². The lowest BCUT2D eigenvalue weighted by Crippen LogP contribution is -2.17. The summed E-state index contributed by atoms with van der Waals surface area (Å²) >= 11 is 0. The highest BCUT2D eigenvalue weighted by Gasteiger charge is 2.19. The lowest BCUT2D eigenvalue weighted by atomic mass is 10.0. The third-order valence-electron chi connectivity index (χ3n) is 6.47. The number of methoxy groups -OCH3 is 1. The molecule has 2 aliphatic rings. The van der Waals surface area contributed by atoms with Gasteiger partial charge in [0.15, 0.2) is 0 Å². The maximum Gasteiger partial charge on any atom is 0.227 e. The number of anilines is 3. The first kappa shape index (κ1) is 23.1. The van der Waals surface area contributed by atoms with Crippen molar-refractivity contribution >= 4 is 17.3 Å². The minimum absolute atomic E-state index is 0.565. The summed E-state index contributed by atoms with van der Waals surface area (Å²) in [6.07, 6.45) is 8.07. The molecular formula is C29H32N4O2. The van der Waals surface area contributed by atoms with Gasteiger partial charge in [-0.15, -0.1) is 0 Å². The van der Waals surface area contributed by atoms with Crippen LogP contribution in [0.4, 0.5) is 17.3 Å². The van der Waals surface area contributed by atoms with Crippen molar-refractivity contribution < 1.29 is 9.47 Å². The fraction of sp³-hybridized carbons (Fsp3) is 0.310. The van der Waals surface area contributed by atoms with Crippen molar-refractivity contribution in [3.05, 3.63) is 94.6 Å². The molecule has 3 aromatic rings. The van der Waals surface area contributed by atoms with Gasteiger partial charge in [0.2, 0.25) is 5.95 Å². The number of hydrogen-bond acceptors (Lipinski definition) is 6. The topological polar surface area (TPSA) is 59.5 Å². The molecule has 1 aromatic heterocycles. The summed E-state index contributed by atoms with van der Waals surface area (Å²) in [5, 5.41) is 3.42. The van der Waals surface area contributed by atoms with E-state index in [-0.39, 0.29) is 0 Å². The first-order valence-corrected chi connectivity index (χ1v) is 12.2. The molecule has 0 saturated carbocycles. The van der Waals surface area contributed by atoms with E-state index in [1.165, 1.54) is 16.7 Å². The van der Waals surface area contributed by atoms with E-state index in [9.17, 15) is 0 Å². The van der Waals surface area contributed by atoms with Crippen molar-refractivity contribution in [1.29, 1.82) is 0 Å². The van der Waals surface area contributed by atoms with Gasteiger partial charge in [0.25, 0.3) is 0 Å². The quantitative estimate of drug-likeness (QED) is 0.458. The molecule has 5 rings (SSSR count). The summed E-state index contributed by atoms with van der Waals surface area (Å²) in [6, 6.07) is 16.6. The van der Waals surface area contributed by atoms with Crippen LogP contribution in [0, 0.1) is 0 Å². The first-order valence-electron chi connectivity index (χ1n) is 12.2. The Morgan fingerprint density at radius 1 is 0.971 bits per heavy atom. The predicted octanol–water partition coefficient (Wildman–Crippen LogP) is 6.30. The average Bonchev–Trinajstić information content (AvgIpc) is 3.04. The van der Waals surface area contributed by atoms with E-state index in [4.69, 9.17) is 19.4 Å². The zero-order valence-electron chi connectivity index (χ0n) is 20.7. The lowest BCUT2D eigenvalue weighted by Gasteiger charge is -2.22. The van der Waals surface area contributed by atoms with Crippen LogP contribution in [0.1, 0.15) is 49.2 Å². The Morgan fingerprint density at radius 2 is 1.74 bits per heavy atom. The Hall–Kier alpha value is -3.64. The number of rotatable bonds is 6. The second kappa shape index (κ2) is 10.3. The molecule has 180 valence electrons. The summed E-state index contributed by atoms with van der Waals surface area (Å²) in [5.41, 5.74) is 9.00. The number of hydrogen-bond donors (Lipinski definition) is 1. The molecule has 0 radical (unpaired) electrons. The standard InChI is InChI=1S/C29H32N4O2/c1-20-9-10-21(2)18-33(17-20)27-12-11-23(16-28(27)34-3)30-29-31-25-13-14-35-19-24(25)26(32-29)15-22-7-5-4-6-8-22/h4-8,11-12,16-18H,9-10,13-15,19H2,1-3H3,(H,30,31,32). The molecule has 0 saturated heterocycles. The molecule has 2 aromatic carbocycles. The molecule has 2 aliphatic heterocycles. The van der Waals surface area contributed by atoms with Crippen molar-refractivity contribution in [3.8, 4) is 5.75 Å². The Kier molecular flexibility index (Phi) is 6.82. The van der Waals surface area contributed by atoms with Gasteiger partial charge in [0.1, 0.15) is 5.75 Å². The van der Waals surface area contributed by atoms with E-state index in [1.807, 2.05) is 12.1 Å². The molecule has 0 unspecified atom stereocenters. The zero-order chi connectivity index (χ0) is 24.2. The maximum atomic E-state index is 5.78. The van der Waals surface area contributed by atoms with Gasteiger partial charge in [-0.3, -0.25) is 0 Å². The molecule has 6 heteroatoms. The summed E-state index contributed by atoms with van der Waals surface area (Å²) in [7, 11) is 1.71. The fourth-order valence-electron chi connectivity index (χ4n) is 4.56. The molecule has 0 aliphatic carbocycles. The van der Waals surface area contributed by atoms with E-state index in [0.717, 1.165) is 59.8 Å². The number of allylic oxidation sites excluding steroid dienone is 2. The monoisotopic (exact) mass is 468 g/mol. The van der Waals surface area contributed by atoms with Crippen LogP contribution in [0.2, 0.25) is 0 Å². The van der Waals surface area contributed by atoms with Crippen LogP contribution in [0.3, 0.4) is 0 Å². The summed E-state index contributed by atoms with van der Waals surface area (Å²) < 4.78 is 11.5. The van der Waals surface area contributed by atoms with Crippen LogP contribution in [-0.2, 0) is 24.2 Å². The molecular weight excluding hydrogens is 436 g/mol. The smallest absolute Gasteiger partial charge is 0.227 e. The van der Waals surface area contributed by atoms with Crippen molar-refractivity contribution in [2.24, 2.45) is 0 Å². The highest BCUT2D eigenvalue weighted by molar-refractivity contribution is 5.70. The molecule has 0 atom stereocenters. The van der Waals surface area contributed by atoms with Gasteiger partial charge in [0.05, 0.1) is 37.4 Å². The van der Waals surface area contributed by atoms with Crippen LogP contribution in [0.15, 0.2) is 72.1 Å². The first-order chi connectivity index (χ1) is 17.1. The second-order valence-electron chi connectivity index (χ2n) is 9.25. The van der Waals surface area contributed by atoms with Gasteiger partial charge in [-0.25, -0.2) is 9.97 Å². The average molecular weight is 469 g/mol.